The van der Waals surface area contributed by atoms with Crippen LogP contribution in [0.4, 0.5) is 0 Å². The summed E-state index contributed by atoms with van der Waals surface area (Å²) in [6.45, 7) is 0. The number of rotatable bonds is 2. The molecule has 7 heteroatoms. The summed E-state index contributed by atoms with van der Waals surface area (Å²) in [6.07, 6.45) is 0. The van der Waals surface area contributed by atoms with Gasteiger partial charge in [0.25, 0.3) is 0 Å². The van der Waals surface area contributed by atoms with Gasteiger partial charge in [-0.25, -0.2) is 0 Å². The van der Waals surface area contributed by atoms with E-state index < -0.39 is 0 Å². The molecular formula is C10H4Cl4N2S. The summed E-state index contributed by atoms with van der Waals surface area (Å²) < 4.78 is 0. The van der Waals surface area contributed by atoms with Gasteiger partial charge in [0.2, 0.25) is 0 Å². The number of hydrogen-bond acceptors (Lipinski definition) is 3. The lowest BCUT2D eigenvalue weighted by atomic mass is 10.4. The molecule has 0 aliphatic rings. The fourth-order valence-electron chi connectivity index (χ4n) is 1.08. The van der Waals surface area contributed by atoms with Crippen LogP contribution in [0.25, 0.3) is 0 Å². The smallest absolute Gasteiger partial charge is 0.137 e. The summed E-state index contributed by atoms with van der Waals surface area (Å²) in [5, 5.41) is 8.93. The van der Waals surface area contributed by atoms with Crippen LogP contribution >= 0.6 is 58.2 Å². The van der Waals surface area contributed by atoms with Crippen molar-refractivity contribution in [2.45, 2.75) is 9.79 Å². The van der Waals surface area contributed by atoms with E-state index in [1.165, 1.54) is 11.8 Å². The molecule has 0 aliphatic heterocycles. The molecule has 0 spiro atoms. The lowest BCUT2D eigenvalue weighted by Gasteiger charge is -2.04. The predicted octanol–water partition coefficient (Wildman–Crippen LogP) is 5.24. The minimum atomic E-state index is 0.289. The lowest BCUT2D eigenvalue weighted by molar-refractivity contribution is 0.998. The molecule has 17 heavy (non-hydrogen) atoms. The van der Waals surface area contributed by atoms with Gasteiger partial charge in [-0.15, -0.1) is 10.2 Å². The molecule has 0 aliphatic carbocycles. The molecule has 1 aromatic carbocycles. The Morgan fingerprint density at radius 3 is 2.35 bits per heavy atom. The van der Waals surface area contributed by atoms with Gasteiger partial charge < -0.3 is 0 Å². The number of nitrogens with zero attached hydrogens (tertiary/aromatic N) is 2. The molecule has 0 N–H and O–H groups in total. The second kappa shape index (κ2) is 5.63. The molecule has 0 bridgehead atoms. The summed E-state index contributed by atoms with van der Waals surface area (Å²) >= 11 is 24.8. The Bertz CT molecular complexity index is 562. The Morgan fingerprint density at radius 1 is 0.882 bits per heavy atom. The Kier molecular flexibility index (Phi) is 4.39. The van der Waals surface area contributed by atoms with E-state index in [0.717, 1.165) is 4.90 Å². The molecule has 0 fully saturated rings. The van der Waals surface area contributed by atoms with Gasteiger partial charge in [-0.3, -0.25) is 0 Å². The zero-order valence-corrected chi connectivity index (χ0v) is 12.0. The minimum absolute atomic E-state index is 0.289. The molecule has 2 aromatic rings. The van der Waals surface area contributed by atoms with Crippen LogP contribution in [0.2, 0.25) is 20.4 Å². The topological polar surface area (TPSA) is 25.8 Å². The first kappa shape index (κ1) is 13.2. The first-order chi connectivity index (χ1) is 8.06. The van der Waals surface area contributed by atoms with E-state index in [1.807, 2.05) is 6.07 Å². The van der Waals surface area contributed by atoms with Crippen LogP contribution in [0, 0.1) is 0 Å². The predicted molar refractivity (Wildman–Crippen MR) is 72.6 cm³/mol. The van der Waals surface area contributed by atoms with Crippen molar-refractivity contribution in [2.75, 3.05) is 0 Å². The van der Waals surface area contributed by atoms with Gasteiger partial charge in [0, 0.05) is 4.90 Å². The minimum Gasteiger partial charge on any atom is -0.137 e. The van der Waals surface area contributed by atoms with Crippen LogP contribution in [0.15, 0.2) is 34.1 Å². The molecule has 0 atom stereocenters. The van der Waals surface area contributed by atoms with Gasteiger partial charge in [0.15, 0.2) is 10.3 Å². The third-order valence-corrected chi connectivity index (χ3v) is 4.14. The molecule has 0 saturated heterocycles. The standard InChI is InChI=1S/C10H4Cl4N2S/c11-6-2-1-5(3-7(6)12)17-8-4-9(13)15-16-10(8)14/h1-4H. The van der Waals surface area contributed by atoms with E-state index in [2.05, 4.69) is 10.2 Å². The monoisotopic (exact) mass is 324 g/mol. The summed E-state index contributed by atoms with van der Waals surface area (Å²) in [6, 6.07) is 6.95. The average Bonchev–Trinajstić information content (AvgIpc) is 2.29. The van der Waals surface area contributed by atoms with E-state index in [-0.39, 0.29) is 5.15 Å². The van der Waals surface area contributed by atoms with Crippen molar-refractivity contribution in [2.24, 2.45) is 0 Å². The van der Waals surface area contributed by atoms with Gasteiger partial charge in [-0.2, -0.15) is 0 Å². The average molecular weight is 326 g/mol. The molecule has 0 unspecified atom stereocenters. The largest absolute Gasteiger partial charge is 0.165 e. The van der Waals surface area contributed by atoms with Gasteiger partial charge in [-0.1, -0.05) is 58.2 Å². The zero-order chi connectivity index (χ0) is 12.4. The van der Waals surface area contributed by atoms with Crippen molar-refractivity contribution in [3.05, 3.63) is 44.6 Å². The van der Waals surface area contributed by atoms with E-state index in [9.17, 15) is 0 Å². The number of hydrogen-bond donors (Lipinski definition) is 0. The van der Waals surface area contributed by atoms with Crippen molar-refractivity contribution in [3.63, 3.8) is 0 Å². The maximum atomic E-state index is 5.92. The highest BCUT2D eigenvalue weighted by Gasteiger charge is 2.07. The molecule has 0 radical (unpaired) electrons. The quantitative estimate of drug-likeness (QED) is 0.755. The maximum absolute atomic E-state index is 5.92. The van der Waals surface area contributed by atoms with Gasteiger partial charge in [0.1, 0.15) is 0 Å². The van der Waals surface area contributed by atoms with Crippen LogP contribution < -0.4 is 0 Å². The van der Waals surface area contributed by atoms with Crippen LogP contribution in [-0.4, -0.2) is 10.2 Å². The van der Waals surface area contributed by atoms with Crippen molar-refractivity contribution >= 4 is 58.2 Å². The highest BCUT2D eigenvalue weighted by molar-refractivity contribution is 7.99. The molecular weight excluding hydrogens is 322 g/mol. The lowest BCUT2D eigenvalue weighted by Crippen LogP contribution is -1.86. The zero-order valence-electron chi connectivity index (χ0n) is 8.12. The van der Waals surface area contributed by atoms with Crippen molar-refractivity contribution in [1.29, 1.82) is 0 Å². The fourth-order valence-corrected chi connectivity index (χ4v) is 2.72. The molecule has 0 saturated carbocycles. The normalized spacial score (nSPS) is 10.6. The first-order valence-electron chi connectivity index (χ1n) is 4.38. The molecule has 88 valence electrons. The third kappa shape index (κ3) is 3.39. The Balaban J connectivity index is 2.31. The van der Waals surface area contributed by atoms with Crippen LogP contribution in [0.1, 0.15) is 0 Å². The van der Waals surface area contributed by atoms with Crippen molar-refractivity contribution in [1.82, 2.24) is 10.2 Å². The van der Waals surface area contributed by atoms with E-state index in [4.69, 9.17) is 46.4 Å². The van der Waals surface area contributed by atoms with E-state index in [1.54, 1.807) is 18.2 Å². The van der Waals surface area contributed by atoms with E-state index >= 15 is 0 Å². The number of halogens is 4. The fraction of sp³-hybridized carbons (Fsp3) is 0. The van der Waals surface area contributed by atoms with Crippen molar-refractivity contribution < 1.29 is 0 Å². The summed E-state index contributed by atoms with van der Waals surface area (Å²) in [4.78, 5) is 1.61. The second-order valence-corrected chi connectivity index (χ2v) is 5.68. The second-order valence-electron chi connectivity index (χ2n) is 3.00. The molecule has 2 rings (SSSR count). The molecule has 0 amide bonds. The summed E-state index contributed by atoms with van der Waals surface area (Å²) in [7, 11) is 0. The van der Waals surface area contributed by atoms with Gasteiger partial charge >= 0.3 is 0 Å². The molecule has 1 aromatic heterocycles. The van der Waals surface area contributed by atoms with Crippen LogP contribution in [0.5, 0.6) is 0 Å². The van der Waals surface area contributed by atoms with Crippen LogP contribution in [0.3, 0.4) is 0 Å². The first-order valence-corrected chi connectivity index (χ1v) is 6.71. The molecule has 1 heterocycles. The third-order valence-electron chi connectivity index (χ3n) is 1.81. The Morgan fingerprint density at radius 2 is 1.65 bits per heavy atom. The van der Waals surface area contributed by atoms with Crippen molar-refractivity contribution in [3.8, 4) is 0 Å². The van der Waals surface area contributed by atoms with Gasteiger partial charge in [-0.05, 0) is 24.3 Å². The number of benzene rings is 1. The highest BCUT2D eigenvalue weighted by Crippen LogP contribution is 2.35. The Labute approximate surface area is 122 Å². The maximum Gasteiger partial charge on any atom is 0.165 e. The molecule has 2 nitrogen and oxygen atoms in total. The van der Waals surface area contributed by atoms with E-state index in [0.29, 0.717) is 20.1 Å². The summed E-state index contributed by atoms with van der Waals surface area (Å²) in [5.74, 6) is 0. The highest BCUT2D eigenvalue weighted by atomic mass is 35.5. The number of aromatic nitrogens is 2. The Hall–Kier alpha value is -0.190. The SMILES string of the molecule is Clc1cc(Sc2ccc(Cl)c(Cl)c2)c(Cl)nn1. The summed E-state index contributed by atoms with van der Waals surface area (Å²) in [5.41, 5.74) is 0. The van der Waals surface area contributed by atoms with Gasteiger partial charge in [0.05, 0.1) is 14.9 Å². The van der Waals surface area contributed by atoms with Crippen LogP contribution in [-0.2, 0) is 0 Å².